The molecule has 10 nitrogen and oxygen atoms in total. The normalized spacial score (nSPS) is 17.3. The minimum absolute atomic E-state index is 0.0416. The molecule has 1 N–H and O–H groups in total. The molecule has 0 radical (unpaired) electrons. The Bertz CT molecular complexity index is 1770. The summed E-state index contributed by atoms with van der Waals surface area (Å²) in [5.41, 5.74) is 3.11. The number of halogens is 2. The van der Waals surface area contributed by atoms with Crippen LogP contribution in [-0.4, -0.2) is 97.4 Å². The van der Waals surface area contributed by atoms with E-state index in [9.17, 15) is 8.42 Å². The lowest BCUT2D eigenvalue weighted by Gasteiger charge is -2.42. The number of methoxy groups -OCH3 is 1. The van der Waals surface area contributed by atoms with Gasteiger partial charge in [0, 0.05) is 68.5 Å². The molecule has 13 heteroatoms. The summed E-state index contributed by atoms with van der Waals surface area (Å²) in [6.45, 7) is 7.99. The van der Waals surface area contributed by atoms with Crippen molar-refractivity contribution in [2.75, 3.05) is 69.4 Å². The Balaban J connectivity index is 1.24. The third kappa shape index (κ3) is 6.08. The molecule has 0 saturated carbocycles. The predicted molar refractivity (Wildman–Crippen MR) is 178 cm³/mol. The number of para-hydroxylation sites is 1. The van der Waals surface area contributed by atoms with Crippen LogP contribution in [0.25, 0.3) is 22.2 Å². The van der Waals surface area contributed by atoms with Crippen LogP contribution in [0.5, 0.6) is 5.75 Å². The molecule has 0 bridgehead atoms. The van der Waals surface area contributed by atoms with Crippen LogP contribution in [0.4, 0.5) is 17.3 Å². The van der Waals surface area contributed by atoms with E-state index in [-0.39, 0.29) is 11.7 Å². The Kier molecular flexibility index (Phi) is 8.94. The predicted octanol–water partition coefficient (Wildman–Crippen LogP) is 5.57. The number of nitrogens with zero attached hydrogens (tertiary/aromatic N) is 6. The van der Waals surface area contributed by atoms with Crippen molar-refractivity contribution in [3.63, 3.8) is 0 Å². The molecule has 2 aliphatic rings. The van der Waals surface area contributed by atoms with Gasteiger partial charge in [0.2, 0.25) is 16.0 Å². The molecule has 0 aliphatic carbocycles. The first-order valence-electron chi connectivity index (χ1n) is 14.9. The summed E-state index contributed by atoms with van der Waals surface area (Å²) in [5, 5.41) is 4.74. The van der Waals surface area contributed by atoms with Crippen molar-refractivity contribution < 1.29 is 13.2 Å². The zero-order valence-corrected chi connectivity index (χ0v) is 27.5. The summed E-state index contributed by atoms with van der Waals surface area (Å²) in [4.78, 5) is 16.4. The summed E-state index contributed by atoms with van der Waals surface area (Å²) < 4.78 is 32.8. The Morgan fingerprint density at radius 3 is 2.45 bits per heavy atom. The van der Waals surface area contributed by atoms with Crippen LogP contribution in [0.1, 0.15) is 19.8 Å². The largest absolute Gasteiger partial charge is 0.495 e. The van der Waals surface area contributed by atoms with E-state index >= 15 is 0 Å². The highest BCUT2D eigenvalue weighted by Crippen LogP contribution is 2.40. The SMILES string of the molecule is CCS(=O)(=O)n1cc(-c2nc(Nc3cc(OC)c(N4CCC(N5CCN(C)CC5)CC4)cc3Cl)ncc2Cl)c2ccccc21. The molecular weight excluding hydrogens is 621 g/mol. The fraction of sp³-hybridized carbons (Fsp3) is 0.419. The second kappa shape index (κ2) is 12.7. The van der Waals surface area contributed by atoms with Gasteiger partial charge in [-0.15, -0.1) is 0 Å². The van der Waals surface area contributed by atoms with E-state index in [0.717, 1.165) is 63.2 Å². The molecule has 2 aromatic carbocycles. The Morgan fingerprint density at radius 2 is 1.75 bits per heavy atom. The van der Waals surface area contributed by atoms with Crippen molar-refractivity contribution in [1.29, 1.82) is 0 Å². The van der Waals surface area contributed by atoms with Gasteiger partial charge < -0.3 is 19.9 Å². The molecule has 2 aliphatic heterocycles. The lowest BCUT2D eigenvalue weighted by atomic mass is 10.0. The number of anilines is 3. The maximum Gasteiger partial charge on any atom is 0.238 e. The highest BCUT2D eigenvalue weighted by molar-refractivity contribution is 7.90. The monoisotopic (exact) mass is 657 g/mol. The van der Waals surface area contributed by atoms with Crippen molar-refractivity contribution in [1.82, 2.24) is 23.7 Å². The van der Waals surface area contributed by atoms with Gasteiger partial charge in [0.25, 0.3) is 0 Å². The first-order valence-corrected chi connectivity index (χ1v) is 17.2. The fourth-order valence-corrected chi connectivity index (χ4v) is 7.55. The molecule has 44 heavy (non-hydrogen) atoms. The van der Waals surface area contributed by atoms with Crippen LogP contribution in [0.3, 0.4) is 0 Å². The van der Waals surface area contributed by atoms with Crippen molar-refractivity contribution in [3.05, 3.63) is 58.8 Å². The first-order chi connectivity index (χ1) is 21.2. The number of likely N-dealkylation sites (N-methyl/N-ethyl adjacent to an activating group) is 1. The summed E-state index contributed by atoms with van der Waals surface area (Å²) in [6, 6.07) is 11.7. The summed E-state index contributed by atoms with van der Waals surface area (Å²) in [7, 11) is 0.300. The van der Waals surface area contributed by atoms with E-state index in [0.29, 0.717) is 44.3 Å². The van der Waals surface area contributed by atoms with E-state index in [1.165, 1.54) is 10.2 Å². The Hall–Kier alpha value is -3.09. The highest BCUT2D eigenvalue weighted by Gasteiger charge is 2.28. The van der Waals surface area contributed by atoms with Crippen LogP contribution in [-0.2, 0) is 10.0 Å². The number of piperidine rings is 1. The standard InChI is InChI=1S/C31H37Cl2N7O3S/c1-4-44(41,42)40-20-23(22-7-5-6-8-27(22)40)30-25(33)19-34-31(36-30)35-26-18-29(43-3)28(17-24(26)32)39-11-9-21(10-12-39)38-15-13-37(2)14-16-38/h5-8,17-21H,4,9-16H2,1-3H3,(H,34,35,36). The third-order valence-corrected chi connectivity index (χ3v) is 10.9. The van der Waals surface area contributed by atoms with Crippen molar-refractivity contribution in [2.24, 2.45) is 0 Å². The van der Waals surface area contributed by atoms with E-state index in [2.05, 4.69) is 32.0 Å². The lowest BCUT2D eigenvalue weighted by Crippen LogP contribution is -2.52. The molecule has 0 amide bonds. The number of hydrogen-bond acceptors (Lipinski definition) is 9. The van der Waals surface area contributed by atoms with Crippen LogP contribution in [0.15, 0.2) is 48.8 Å². The number of rotatable bonds is 8. The Labute approximate surface area is 268 Å². The molecule has 4 aromatic rings. The summed E-state index contributed by atoms with van der Waals surface area (Å²) in [6.07, 6.45) is 5.26. The van der Waals surface area contributed by atoms with Gasteiger partial charge in [-0.3, -0.25) is 4.90 Å². The van der Waals surface area contributed by atoms with Crippen LogP contribution in [0.2, 0.25) is 10.0 Å². The average molecular weight is 659 g/mol. The number of fused-ring (bicyclic) bond motifs is 1. The maximum atomic E-state index is 12.8. The van der Waals surface area contributed by atoms with E-state index < -0.39 is 10.0 Å². The minimum Gasteiger partial charge on any atom is -0.495 e. The molecular formula is C31H37Cl2N7O3S. The molecule has 2 aromatic heterocycles. The van der Waals surface area contributed by atoms with Crippen molar-refractivity contribution >= 4 is 61.5 Å². The van der Waals surface area contributed by atoms with Gasteiger partial charge in [-0.1, -0.05) is 41.4 Å². The number of nitrogens with one attached hydrogen (secondary N) is 1. The number of hydrogen-bond donors (Lipinski definition) is 1. The fourth-order valence-electron chi connectivity index (χ4n) is 6.15. The highest BCUT2D eigenvalue weighted by atomic mass is 35.5. The van der Waals surface area contributed by atoms with Gasteiger partial charge in [0.05, 0.1) is 51.7 Å². The van der Waals surface area contributed by atoms with Crippen LogP contribution >= 0.6 is 23.2 Å². The van der Waals surface area contributed by atoms with Gasteiger partial charge in [0.15, 0.2) is 0 Å². The van der Waals surface area contributed by atoms with E-state index in [4.69, 9.17) is 32.9 Å². The second-order valence-corrected chi connectivity index (χ2v) is 14.3. The zero-order chi connectivity index (χ0) is 31.0. The third-order valence-electron chi connectivity index (χ3n) is 8.72. The summed E-state index contributed by atoms with van der Waals surface area (Å²) >= 11 is 13.4. The number of ether oxygens (including phenoxy) is 1. The molecule has 234 valence electrons. The van der Waals surface area contributed by atoms with Crippen LogP contribution < -0.4 is 15.0 Å². The number of piperazine rings is 1. The molecule has 2 saturated heterocycles. The number of aromatic nitrogens is 3. The van der Waals surface area contributed by atoms with Gasteiger partial charge in [0.1, 0.15) is 5.75 Å². The molecule has 6 rings (SSSR count). The van der Waals surface area contributed by atoms with Crippen molar-refractivity contribution in [3.8, 4) is 17.0 Å². The smallest absolute Gasteiger partial charge is 0.238 e. The van der Waals surface area contributed by atoms with Gasteiger partial charge in [-0.2, -0.15) is 0 Å². The molecule has 0 atom stereocenters. The van der Waals surface area contributed by atoms with E-state index in [1.54, 1.807) is 32.4 Å². The topological polar surface area (TPSA) is 95.8 Å². The Morgan fingerprint density at radius 1 is 1.02 bits per heavy atom. The summed E-state index contributed by atoms with van der Waals surface area (Å²) in [5.74, 6) is 0.932. The van der Waals surface area contributed by atoms with Crippen LogP contribution in [0, 0.1) is 0 Å². The van der Waals surface area contributed by atoms with Crippen molar-refractivity contribution in [2.45, 2.75) is 25.8 Å². The molecule has 4 heterocycles. The van der Waals surface area contributed by atoms with Gasteiger partial charge in [-0.25, -0.2) is 22.4 Å². The second-order valence-electron chi connectivity index (χ2n) is 11.3. The zero-order valence-electron chi connectivity index (χ0n) is 25.1. The molecule has 0 spiro atoms. The quantitative estimate of drug-likeness (QED) is 0.261. The van der Waals surface area contributed by atoms with E-state index in [1.807, 2.05) is 24.3 Å². The minimum atomic E-state index is -3.55. The van der Waals surface area contributed by atoms with Gasteiger partial charge >= 0.3 is 0 Å². The molecule has 0 unspecified atom stereocenters. The lowest BCUT2D eigenvalue weighted by molar-refractivity contribution is 0.0981. The number of benzene rings is 2. The first kappa shape index (κ1) is 30.9. The molecule has 2 fully saturated rings. The average Bonchev–Trinajstić information content (AvgIpc) is 3.44. The van der Waals surface area contributed by atoms with Gasteiger partial charge in [-0.05, 0) is 38.9 Å². The maximum absolute atomic E-state index is 12.8.